The summed E-state index contributed by atoms with van der Waals surface area (Å²) >= 11 is 6.22. The summed E-state index contributed by atoms with van der Waals surface area (Å²) in [6, 6.07) is 11.1. The molecule has 7 nitrogen and oxygen atoms in total. The number of halogens is 1. The molecule has 0 aliphatic carbocycles. The van der Waals surface area contributed by atoms with Crippen molar-refractivity contribution in [2.24, 2.45) is 0 Å². The van der Waals surface area contributed by atoms with E-state index in [1.54, 1.807) is 29.2 Å². The lowest BCUT2D eigenvalue weighted by atomic mass is 10.2. The number of aryl methyl sites for hydroxylation is 1. The lowest BCUT2D eigenvalue weighted by Crippen LogP contribution is -2.47. The van der Waals surface area contributed by atoms with E-state index < -0.39 is 10.0 Å². The first-order valence-electron chi connectivity index (χ1n) is 9.11. The number of hydrogen-bond donors (Lipinski definition) is 0. The molecule has 1 fully saturated rings. The van der Waals surface area contributed by atoms with Gasteiger partial charge in [0.05, 0.1) is 35.9 Å². The van der Waals surface area contributed by atoms with Crippen molar-refractivity contribution in [3.05, 3.63) is 53.1 Å². The Kier molecular flexibility index (Phi) is 6.66. The van der Waals surface area contributed by atoms with Gasteiger partial charge in [-0.3, -0.25) is 9.10 Å². The highest BCUT2D eigenvalue weighted by Gasteiger charge is 2.30. The number of carbonyl (C=O) groups excluding carboxylic acids is 1. The second kappa shape index (κ2) is 9.02. The maximum Gasteiger partial charge on any atom is 0.264 e. The van der Waals surface area contributed by atoms with Crippen molar-refractivity contribution in [2.75, 3.05) is 44.3 Å². The predicted molar refractivity (Wildman–Crippen MR) is 111 cm³/mol. The van der Waals surface area contributed by atoms with Crippen LogP contribution < -0.4 is 9.04 Å². The smallest absolute Gasteiger partial charge is 0.264 e. The molecule has 156 valence electrons. The molecule has 0 radical (unpaired) electrons. The number of nitrogens with zero attached hydrogens (tertiary/aromatic N) is 2. The van der Waals surface area contributed by atoms with Crippen LogP contribution >= 0.6 is 11.6 Å². The number of benzene rings is 2. The zero-order valence-corrected chi connectivity index (χ0v) is 17.9. The summed E-state index contributed by atoms with van der Waals surface area (Å²) in [6.45, 7) is 3.27. The molecular weight excluding hydrogens is 416 g/mol. The molecule has 1 heterocycles. The van der Waals surface area contributed by atoms with Gasteiger partial charge in [0.1, 0.15) is 12.3 Å². The maximum absolute atomic E-state index is 13.4. The topological polar surface area (TPSA) is 76.2 Å². The molecule has 29 heavy (non-hydrogen) atoms. The highest BCUT2D eigenvalue weighted by molar-refractivity contribution is 7.92. The van der Waals surface area contributed by atoms with E-state index in [4.69, 9.17) is 21.1 Å². The van der Waals surface area contributed by atoms with Gasteiger partial charge in [-0.25, -0.2) is 8.42 Å². The molecule has 9 heteroatoms. The summed E-state index contributed by atoms with van der Waals surface area (Å²) < 4.78 is 38.3. The van der Waals surface area contributed by atoms with Crippen molar-refractivity contribution in [1.82, 2.24) is 4.90 Å². The molecule has 3 rings (SSSR count). The van der Waals surface area contributed by atoms with Crippen LogP contribution in [0.2, 0.25) is 5.02 Å². The van der Waals surface area contributed by atoms with Crippen molar-refractivity contribution in [2.45, 2.75) is 11.8 Å². The molecule has 0 N–H and O–H groups in total. The van der Waals surface area contributed by atoms with E-state index in [1.807, 2.05) is 6.92 Å². The Morgan fingerprint density at radius 2 is 1.83 bits per heavy atom. The van der Waals surface area contributed by atoms with Gasteiger partial charge in [0.15, 0.2) is 0 Å². The minimum Gasteiger partial charge on any atom is -0.495 e. The Balaban J connectivity index is 1.99. The van der Waals surface area contributed by atoms with Crippen LogP contribution in [-0.4, -0.2) is 59.2 Å². The first-order chi connectivity index (χ1) is 13.8. The number of morpholine rings is 1. The van der Waals surface area contributed by atoms with Crippen LogP contribution in [0.5, 0.6) is 5.75 Å². The summed E-state index contributed by atoms with van der Waals surface area (Å²) in [5.41, 5.74) is 1.23. The standard InChI is InChI=1S/C20H23ClN2O5S/c1-15-3-6-17(7-4-15)29(25,26)23(14-20(24)22-9-11-28-12-10-22)16-5-8-19(27-2)18(21)13-16/h3-8,13H,9-12,14H2,1-2H3. The normalized spacial score (nSPS) is 14.5. The van der Waals surface area contributed by atoms with Crippen LogP contribution in [0.4, 0.5) is 5.69 Å². The Morgan fingerprint density at radius 3 is 2.41 bits per heavy atom. The van der Waals surface area contributed by atoms with Gasteiger partial charge in [-0.15, -0.1) is 0 Å². The molecule has 1 aliphatic heterocycles. The van der Waals surface area contributed by atoms with E-state index in [1.165, 1.54) is 25.3 Å². The van der Waals surface area contributed by atoms with E-state index in [2.05, 4.69) is 0 Å². The second-order valence-electron chi connectivity index (χ2n) is 6.64. The number of anilines is 1. The molecule has 0 unspecified atom stereocenters. The molecule has 0 aromatic heterocycles. The molecule has 1 amide bonds. The van der Waals surface area contributed by atoms with Crippen LogP contribution in [0.25, 0.3) is 0 Å². The lowest BCUT2D eigenvalue weighted by Gasteiger charge is -2.30. The molecule has 1 saturated heterocycles. The highest BCUT2D eigenvalue weighted by Crippen LogP contribution is 2.32. The minimum atomic E-state index is -3.99. The van der Waals surface area contributed by atoms with Gasteiger partial charge < -0.3 is 14.4 Å². The van der Waals surface area contributed by atoms with Gasteiger partial charge in [0.25, 0.3) is 10.0 Å². The molecule has 2 aromatic rings. The fraction of sp³-hybridized carbons (Fsp3) is 0.350. The van der Waals surface area contributed by atoms with Gasteiger partial charge in [-0.1, -0.05) is 29.3 Å². The minimum absolute atomic E-state index is 0.102. The number of amides is 1. The molecule has 0 atom stereocenters. The van der Waals surface area contributed by atoms with Crippen LogP contribution in [0.3, 0.4) is 0 Å². The molecule has 1 aliphatic rings. The average Bonchev–Trinajstić information content (AvgIpc) is 2.72. The van der Waals surface area contributed by atoms with Crippen molar-refractivity contribution in [3.63, 3.8) is 0 Å². The first-order valence-corrected chi connectivity index (χ1v) is 10.9. The van der Waals surface area contributed by atoms with Gasteiger partial charge in [-0.2, -0.15) is 0 Å². The quantitative estimate of drug-likeness (QED) is 0.693. The van der Waals surface area contributed by atoms with Crippen LogP contribution in [0, 0.1) is 6.92 Å². The summed E-state index contributed by atoms with van der Waals surface area (Å²) in [5, 5.41) is 0.257. The van der Waals surface area contributed by atoms with Gasteiger partial charge >= 0.3 is 0 Å². The van der Waals surface area contributed by atoms with E-state index in [0.717, 1.165) is 9.87 Å². The van der Waals surface area contributed by atoms with Crippen LogP contribution in [0.15, 0.2) is 47.4 Å². The molecule has 0 saturated carbocycles. The third kappa shape index (κ3) is 4.83. The number of sulfonamides is 1. The Bertz CT molecular complexity index is 973. The third-order valence-corrected chi connectivity index (χ3v) is 6.76. The predicted octanol–water partition coefficient (Wildman–Crippen LogP) is 2.71. The summed E-state index contributed by atoms with van der Waals surface area (Å²) in [6.07, 6.45) is 0. The van der Waals surface area contributed by atoms with Crippen molar-refractivity contribution in [3.8, 4) is 5.75 Å². The fourth-order valence-corrected chi connectivity index (χ4v) is 4.66. The fourth-order valence-electron chi connectivity index (χ4n) is 3.00. The van der Waals surface area contributed by atoms with Crippen LogP contribution in [0.1, 0.15) is 5.56 Å². The summed E-state index contributed by atoms with van der Waals surface area (Å²) in [5.74, 6) is 0.124. The summed E-state index contributed by atoms with van der Waals surface area (Å²) in [7, 11) is -2.51. The first kappa shape index (κ1) is 21.4. The Labute approximate surface area is 175 Å². The van der Waals surface area contributed by atoms with Crippen molar-refractivity contribution < 1.29 is 22.7 Å². The monoisotopic (exact) mass is 438 g/mol. The molecule has 0 bridgehead atoms. The van der Waals surface area contributed by atoms with Gasteiger partial charge in [0, 0.05) is 13.1 Å². The SMILES string of the molecule is COc1ccc(N(CC(=O)N2CCOCC2)S(=O)(=O)c2ccc(C)cc2)cc1Cl. The number of methoxy groups -OCH3 is 1. The maximum atomic E-state index is 13.4. The van der Waals surface area contributed by atoms with Crippen molar-refractivity contribution >= 4 is 33.2 Å². The van der Waals surface area contributed by atoms with Gasteiger partial charge in [0.2, 0.25) is 5.91 Å². The number of rotatable bonds is 6. The van der Waals surface area contributed by atoms with E-state index in [9.17, 15) is 13.2 Å². The zero-order chi connectivity index (χ0) is 21.0. The van der Waals surface area contributed by atoms with E-state index in [-0.39, 0.29) is 28.1 Å². The lowest BCUT2D eigenvalue weighted by molar-refractivity contribution is -0.133. The molecule has 2 aromatic carbocycles. The van der Waals surface area contributed by atoms with E-state index >= 15 is 0 Å². The van der Waals surface area contributed by atoms with Crippen molar-refractivity contribution in [1.29, 1.82) is 0 Å². The molecular formula is C20H23ClN2O5S. The summed E-state index contributed by atoms with van der Waals surface area (Å²) in [4.78, 5) is 14.5. The van der Waals surface area contributed by atoms with Crippen LogP contribution in [-0.2, 0) is 19.6 Å². The largest absolute Gasteiger partial charge is 0.495 e. The number of carbonyl (C=O) groups is 1. The average molecular weight is 439 g/mol. The number of hydrogen-bond acceptors (Lipinski definition) is 5. The van der Waals surface area contributed by atoms with E-state index in [0.29, 0.717) is 32.1 Å². The Hall–Kier alpha value is -2.29. The Morgan fingerprint density at radius 1 is 1.17 bits per heavy atom. The highest BCUT2D eigenvalue weighted by atomic mass is 35.5. The zero-order valence-electron chi connectivity index (χ0n) is 16.3. The molecule has 0 spiro atoms. The third-order valence-electron chi connectivity index (χ3n) is 4.67. The van der Waals surface area contributed by atoms with Gasteiger partial charge in [-0.05, 0) is 37.3 Å². The second-order valence-corrected chi connectivity index (χ2v) is 8.91. The number of ether oxygens (including phenoxy) is 2.